The normalized spacial score (nSPS) is 11.9. The van der Waals surface area contributed by atoms with Crippen LogP contribution in [0.2, 0.25) is 0 Å². The summed E-state index contributed by atoms with van der Waals surface area (Å²) in [5.41, 5.74) is 0.901. The second-order valence-corrected chi connectivity index (χ2v) is 6.59. The van der Waals surface area contributed by atoms with Crippen LogP contribution in [-0.2, 0) is 9.59 Å². The molecule has 0 unspecified atom stereocenters. The fourth-order valence-electron chi connectivity index (χ4n) is 1.52. The van der Waals surface area contributed by atoms with Gasteiger partial charge in [0.05, 0.1) is 8.66 Å². The summed E-state index contributed by atoms with van der Waals surface area (Å²) in [4.78, 5) is 33.8. The molecule has 0 aliphatic heterocycles. The number of halogens is 1. The molecule has 110 valence electrons. The fraction of sp³-hybridized carbons (Fsp3) is 0.417. The monoisotopic (exact) mass is 363 g/mol. The van der Waals surface area contributed by atoms with Crippen LogP contribution in [0.15, 0.2) is 9.85 Å². The van der Waals surface area contributed by atoms with Gasteiger partial charge in [-0.15, -0.1) is 11.3 Å². The van der Waals surface area contributed by atoms with Gasteiger partial charge in [-0.2, -0.15) is 0 Å². The predicted octanol–water partition coefficient (Wildman–Crippen LogP) is 2.26. The van der Waals surface area contributed by atoms with Gasteiger partial charge in [0.15, 0.2) is 0 Å². The van der Waals surface area contributed by atoms with E-state index in [1.54, 1.807) is 6.07 Å². The van der Waals surface area contributed by atoms with Gasteiger partial charge in [0.1, 0.15) is 6.04 Å². The topological polar surface area (TPSA) is 104 Å². The lowest BCUT2D eigenvalue weighted by atomic mass is 10.1. The molecule has 1 rings (SSSR count). The number of carbonyl (C=O) groups is 3. The Labute approximate surface area is 127 Å². The quantitative estimate of drug-likeness (QED) is 0.689. The third-order valence-electron chi connectivity index (χ3n) is 2.57. The van der Waals surface area contributed by atoms with E-state index in [0.29, 0.717) is 4.88 Å². The van der Waals surface area contributed by atoms with Crippen LogP contribution >= 0.6 is 27.3 Å². The minimum Gasteiger partial charge on any atom is -0.481 e. The van der Waals surface area contributed by atoms with Crippen LogP contribution in [-0.4, -0.2) is 34.1 Å². The van der Waals surface area contributed by atoms with Crippen LogP contribution in [0.3, 0.4) is 0 Å². The Morgan fingerprint density at radius 2 is 2.05 bits per heavy atom. The molecule has 0 saturated heterocycles. The number of carbonyl (C=O) groups excluding carboxylic acids is 1. The summed E-state index contributed by atoms with van der Waals surface area (Å²) in [6, 6.07) is 0.586. The maximum absolute atomic E-state index is 11.9. The van der Waals surface area contributed by atoms with E-state index in [9.17, 15) is 14.4 Å². The number of aliphatic carboxylic acids is 2. The third-order valence-corrected chi connectivity index (χ3v) is 4.70. The Hall–Kier alpha value is -1.41. The van der Waals surface area contributed by atoms with Crippen LogP contribution in [0.1, 0.15) is 34.5 Å². The molecular formula is C12H14BrNO5S. The van der Waals surface area contributed by atoms with E-state index in [0.717, 1.165) is 9.35 Å². The molecule has 1 aromatic heterocycles. The van der Waals surface area contributed by atoms with Crippen molar-refractivity contribution >= 4 is 45.1 Å². The fourth-order valence-corrected chi connectivity index (χ4v) is 2.95. The Bertz CT molecular complexity index is 508. The summed E-state index contributed by atoms with van der Waals surface area (Å²) in [5, 5.41) is 20.0. The van der Waals surface area contributed by atoms with Gasteiger partial charge in [0.25, 0.3) is 5.91 Å². The van der Waals surface area contributed by atoms with Crippen molar-refractivity contribution in [3.63, 3.8) is 0 Å². The highest BCUT2D eigenvalue weighted by Crippen LogP contribution is 2.27. The van der Waals surface area contributed by atoms with Crippen molar-refractivity contribution in [2.24, 2.45) is 0 Å². The summed E-state index contributed by atoms with van der Waals surface area (Å²) in [6.07, 6.45) is 0.155. The van der Waals surface area contributed by atoms with Crippen LogP contribution < -0.4 is 5.32 Å². The number of aryl methyl sites for hydroxylation is 1. The summed E-state index contributed by atoms with van der Waals surface area (Å²) in [6.45, 7) is 1.83. The van der Waals surface area contributed by atoms with E-state index < -0.39 is 23.9 Å². The first-order chi connectivity index (χ1) is 9.31. The Morgan fingerprint density at radius 1 is 1.40 bits per heavy atom. The van der Waals surface area contributed by atoms with E-state index in [2.05, 4.69) is 21.2 Å². The van der Waals surface area contributed by atoms with E-state index in [1.807, 2.05) is 6.92 Å². The van der Waals surface area contributed by atoms with Crippen LogP contribution in [0.5, 0.6) is 0 Å². The maximum Gasteiger partial charge on any atom is 0.326 e. The average Bonchev–Trinajstić information content (AvgIpc) is 2.67. The molecule has 3 N–H and O–H groups in total. The zero-order chi connectivity index (χ0) is 15.3. The van der Waals surface area contributed by atoms with E-state index in [1.165, 1.54) is 11.3 Å². The molecule has 20 heavy (non-hydrogen) atoms. The van der Waals surface area contributed by atoms with Crippen molar-refractivity contribution in [1.29, 1.82) is 0 Å². The highest BCUT2D eigenvalue weighted by atomic mass is 79.9. The molecule has 1 heterocycles. The lowest BCUT2D eigenvalue weighted by molar-refractivity contribution is -0.140. The number of hydrogen-bond donors (Lipinski definition) is 3. The molecule has 0 aliphatic rings. The van der Waals surface area contributed by atoms with Gasteiger partial charge in [-0.3, -0.25) is 9.59 Å². The Morgan fingerprint density at radius 3 is 2.50 bits per heavy atom. The number of nitrogens with one attached hydrogen (secondary N) is 1. The first-order valence-electron chi connectivity index (χ1n) is 5.82. The van der Waals surface area contributed by atoms with Gasteiger partial charge in [-0.1, -0.05) is 0 Å². The molecule has 0 bridgehead atoms. The minimum absolute atomic E-state index is 0.0822. The Kier molecular flexibility index (Phi) is 6.15. The SMILES string of the molecule is Cc1cc(C(=O)N[C@H](CCCC(=O)O)C(=O)O)sc1Br. The second kappa shape index (κ2) is 7.39. The summed E-state index contributed by atoms with van der Waals surface area (Å²) < 4.78 is 0.820. The van der Waals surface area contributed by atoms with Crippen molar-refractivity contribution in [2.45, 2.75) is 32.2 Å². The molecule has 0 spiro atoms. The van der Waals surface area contributed by atoms with Crippen molar-refractivity contribution in [3.05, 3.63) is 20.3 Å². The summed E-state index contributed by atoms with van der Waals surface area (Å²) >= 11 is 4.52. The number of thiophene rings is 1. The molecule has 0 aliphatic carbocycles. The van der Waals surface area contributed by atoms with Crippen LogP contribution in [0.4, 0.5) is 0 Å². The molecule has 0 saturated carbocycles. The molecule has 6 nitrogen and oxygen atoms in total. The van der Waals surface area contributed by atoms with Gasteiger partial charge < -0.3 is 15.5 Å². The standard InChI is InChI=1S/C12H14BrNO5S/c1-6-5-8(20-10(6)13)11(17)14-7(12(18)19)3-2-4-9(15)16/h5,7H,2-4H2,1H3,(H,14,17)(H,15,16)(H,18,19)/t7-/m1/s1. The molecular weight excluding hydrogens is 350 g/mol. The minimum atomic E-state index is -1.17. The number of rotatable bonds is 7. The highest BCUT2D eigenvalue weighted by Gasteiger charge is 2.22. The van der Waals surface area contributed by atoms with Crippen LogP contribution in [0, 0.1) is 6.92 Å². The van der Waals surface area contributed by atoms with Gasteiger partial charge in [0.2, 0.25) is 0 Å². The number of amides is 1. The molecule has 0 aromatic carbocycles. The molecule has 1 atom stereocenters. The predicted molar refractivity (Wildman–Crippen MR) is 77.1 cm³/mol. The molecule has 1 amide bonds. The molecule has 0 fully saturated rings. The van der Waals surface area contributed by atoms with Gasteiger partial charge >= 0.3 is 11.9 Å². The number of carboxylic acids is 2. The van der Waals surface area contributed by atoms with E-state index in [4.69, 9.17) is 10.2 Å². The van der Waals surface area contributed by atoms with Gasteiger partial charge in [-0.25, -0.2) is 4.79 Å². The Balaban J connectivity index is 2.63. The highest BCUT2D eigenvalue weighted by molar-refractivity contribution is 9.11. The molecule has 0 radical (unpaired) electrons. The third kappa shape index (κ3) is 4.93. The first-order valence-corrected chi connectivity index (χ1v) is 7.43. The first kappa shape index (κ1) is 16.6. The summed E-state index contributed by atoms with van der Waals surface area (Å²) in [5.74, 6) is -2.62. The number of hydrogen-bond acceptors (Lipinski definition) is 4. The van der Waals surface area contributed by atoms with Crippen molar-refractivity contribution in [1.82, 2.24) is 5.32 Å². The lowest BCUT2D eigenvalue weighted by Crippen LogP contribution is -2.40. The van der Waals surface area contributed by atoms with Crippen molar-refractivity contribution < 1.29 is 24.6 Å². The van der Waals surface area contributed by atoms with E-state index in [-0.39, 0.29) is 19.3 Å². The zero-order valence-electron chi connectivity index (χ0n) is 10.7. The maximum atomic E-state index is 11.9. The summed E-state index contributed by atoms with van der Waals surface area (Å²) in [7, 11) is 0. The smallest absolute Gasteiger partial charge is 0.326 e. The van der Waals surface area contributed by atoms with Crippen molar-refractivity contribution in [3.8, 4) is 0 Å². The zero-order valence-corrected chi connectivity index (χ0v) is 13.1. The van der Waals surface area contributed by atoms with E-state index >= 15 is 0 Å². The van der Waals surface area contributed by atoms with Crippen molar-refractivity contribution in [2.75, 3.05) is 0 Å². The van der Waals surface area contributed by atoms with Gasteiger partial charge in [-0.05, 0) is 47.3 Å². The van der Waals surface area contributed by atoms with Gasteiger partial charge in [0, 0.05) is 6.42 Å². The second-order valence-electron chi connectivity index (χ2n) is 4.22. The average molecular weight is 364 g/mol. The largest absolute Gasteiger partial charge is 0.481 e. The lowest BCUT2D eigenvalue weighted by Gasteiger charge is -2.13. The number of carboxylic acid groups (broad SMARTS) is 2. The molecule has 8 heteroatoms. The molecule has 1 aromatic rings. The van der Waals surface area contributed by atoms with Crippen LogP contribution in [0.25, 0.3) is 0 Å².